The van der Waals surface area contributed by atoms with E-state index in [-0.39, 0.29) is 5.91 Å². The van der Waals surface area contributed by atoms with E-state index in [1.807, 2.05) is 56.3 Å². The quantitative estimate of drug-likeness (QED) is 0.757. The maximum atomic E-state index is 12.8. The zero-order valence-corrected chi connectivity index (χ0v) is 13.7. The Bertz CT molecular complexity index is 829. The van der Waals surface area contributed by atoms with Gasteiger partial charge in [-0.15, -0.1) is 10.2 Å². The lowest BCUT2D eigenvalue weighted by atomic mass is 9.96. The van der Waals surface area contributed by atoms with Crippen molar-refractivity contribution in [2.24, 2.45) is 0 Å². The molecule has 1 heterocycles. The van der Waals surface area contributed by atoms with Crippen LogP contribution >= 0.6 is 0 Å². The Hall–Kier alpha value is -3.02. The third-order valence-corrected chi connectivity index (χ3v) is 3.80. The van der Waals surface area contributed by atoms with Crippen LogP contribution in [0.5, 0.6) is 0 Å². The molecule has 0 radical (unpaired) electrons. The van der Waals surface area contributed by atoms with Crippen molar-refractivity contribution in [1.82, 2.24) is 20.6 Å². The number of carbonyl (C=O) groups is 1. The van der Waals surface area contributed by atoms with E-state index >= 15 is 0 Å². The predicted molar refractivity (Wildman–Crippen MR) is 91.6 cm³/mol. The molecule has 1 aromatic heterocycles. The fraction of sp³-hybridized carbons (Fsp3) is 0.222. The van der Waals surface area contributed by atoms with Gasteiger partial charge in [-0.3, -0.25) is 4.79 Å². The lowest BCUT2D eigenvalue weighted by molar-refractivity contribution is -0.117. The summed E-state index contributed by atoms with van der Waals surface area (Å²) < 4.78 is 0. The molecule has 1 amide bonds. The van der Waals surface area contributed by atoms with Crippen molar-refractivity contribution in [3.8, 4) is 0 Å². The molecule has 0 unspecified atom stereocenters. The molecule has 6 heteroatoms. The molecule has 0 aliphatic heterocycles. The molecule has 1 atom stereocenters. The van der Waals surface area contributed by atoms with E-state index in [2.05, 4.69) is 32.0 Å². The van der Waals surface area contributed by atoms with E-state index in [1.54, 1.807) is 0 Å². The first kappa shape index (κ1) is 15.9. The molecule has 0 saturated carbocycles. The topological polar surface area (TPSA) is 83.6 Å². The first-order valence-corrected chi connectivity index (χ1v) is 7.78. The summed E-state index contributed by atoms with van der Waals surface area (Å²) in [6.07, 6.45) is 0.513. The fourth-order valence-corrected chi connectivity index (χ4v) is 2.65. The number of carbonyl (C=O) groups excluding carboxylic acids is 1. The number of hydrogen-bond donors (Lipinski definition) is 2. The second-order valence-electron chi connectivity index (χ2n) is 5.87. The van der Waals surface area contributed by atoms with Crippen LogP contribution in [0.25, 0.3) is 0 Å². The van der Waals surface area contributed by atoms with Gasteiger partial charge in [0.05, 0.1) is 0 Å². The van der Waals surface area contributed by atoms with Gasteiger partial charge in [0, 0.05) is 5.69 Å². The third kappa shape index (κ3) is 3.84. The maximum Gasteiger partial charge on any atom is 0.235 e. The highest BCUT2D eigenvalue weighted by Gasteiger charge is 2.25. The largest absolute Gasteiger partial charge is 0.325 e. The van der Waals surface area contributed by atoms with Gasteiger partial charge in [0.1, 0.15) is 5.92 Å². The number of nitrogens with zero attached hydrogens (tertiary/aromatic N) is 3. The van der Waals surface area contributed by atoms with Crippen LogP contribution in [0.1, 0.15) is 28.4 Å². The van der Waals surface area contributed by atoms with E-state index in [1.165, 1.54) is 0 Å². The number of tetrazole rings is 1. The van der Waals surface area contributed by atoms with Crippen molar-refractivity contribution in [1.29, 1.82) is 0 Å². The number of anilines is 1. The summed E-state index contributed by atoms with van der Waals surface area (Å²) in [5.74, 6) is -0.267. The van der Waals surface area contributed by atoms with Crippen molar-refractivity contribution in [3.63, 3.8) is 0 Å². The fourth-order valence-electron chi connectivity index (χ4n) is 2.65. The zero-order valence-electron chi connectivity index (χ0n) is 13.7. The van der Waals surface area contributed by atoms with Gasteiger partial charge in [0.15, 0.2) is 5.82 Å². The Morgan fingerprint density at radius 2 is 1.88 bits per heavy atom. The molecule has 122 valence electrons. The molecule has 0 fully saturated rings. The van der Waals surface area contributed by atoms with Crippen LogP contribution in [0.3, 0.4) is 0 Å². The summed E-state index contributed by atoms with van der Waals surface area (Å²) in [6.45, 7) is 4.01. The van der Waals surface area contributed by atoms with Gasteiger partial charge in [-0.2, -0.15) is 5.21 Å². The number of aryl methyl sites for hydroxylation is 2. The maximum absolute atomic E-state index is 12.8. The Labute approximate surface area is 140 Å². The number of H-pyrrole nitrogens is 1. The van der Waals surface area contributed by atoms with Crippen molar-refractivity contribution >= 4 is 11.6 Å². The van der Waals surface area contributed by atoms with E-state index in [0.29, 0.717) is 12.2 Å². The highest BCUT2D eigenvalue weighted by atomic mass is 16.1. The van der Waals surface area contributed by atoms with E-state index < -0.39 is 5.92 Å². The van der Waals surface area contributed by atoms with Crippen LogP contribution in [-0.2, 0) is 11.2 Å². The number of aromatic amines is 1. The zero-order chi connectivity index (χ0) is 16.9. The number of hydrogen-bond acceptors (Lipinski definition) is 4. The summed E-state index contributed by atoms with van der Waals surface area (Å²) in [7, 11) is 0. The normalized spacial score (nSPS) is 11.9. The molecule has 0 aliphatic carbocycles. The first-order valence-electron chi connectivity index (χ1n) is 7.78. The molecule has 0 bridgehead atoms. The van der Waals surface area contributed by atoms with Crippen LogP contribution in [0.15, 0.2) is 48.5 Å². The van der Waals surface area contributed by atoms with Gasteiger partial charge in [-0.05, 0) is 43.5 Å². The smallest absolute Gasteiger partial charge is 0.235 e. The minimum Gasteiger partial charge on any atom is -0.325 e. The molecule has 0 spiro atoms. The van der Waals surface area contributed by atoms with E-state index in [0.717, 1.165) is 22.4 Å². The number of amides is 1. The summed E-state index contributed by atoms with van der Waals surface area (Å²) in [4.78, 5) is 12.8. The molecule has 24 heavy (non-hydrogen) atoms. The lowest BCUT2D eigenvalue weighted by Crippen LogP contribution is -2.24. The number of benzene rings is 2. The monoisotopic (exact) mass is 321 g/mol. The Kier molecular flexibility index (Phi) is 4.65. The van der Waals surface area contributed by atoms with Crippen LogP contribution in [-0.4, -0.2) is 26.5 Å². The molecular weight excluding hydrogens is 302 g/mol. The molecular formula is C18H19N5O. The predicted octanol–water partition coefficient (Wildman–Crippen LogP) is 2.78. The molecule has 0 saturated heterocycles. The van der Waals surface area contributed by atoms with Crippen molar-refractivity contribution in [3.05, 3.63) is 71.0 Å². The van der Waals surface area contributed by atoms with Gasteiger partial charge >= 0.3 is 0 Å². The van der Waals surface area contributed by atoms with Crippen LogP contribution in [0.4, 0.5) is 5.69 Å². The van der Waals surface area contributed by atoms with Gasteiger partial charge in [-0.25, -0.2) is 0 Å². The van der Waals surface area contributed by atoms with Crippen LogP contribution in [0, 0.1) is 13.8 Å². The number of nitrogens with one attached hydrogen (secondary N) is 2. The number of aromatic nitrogens is 4. The van der Waals surface area contributed by atoms with Crippen LogP contribution < -0.4 is 5.32 Å². The SMILES string of the molecule is Cc1cccc(C[C@H](C(=O)Nc2cccc(C)c2)c2nn[nH]n2)c1. The summed E-state index contributed by atoms with van der Waals surface area (Å²) in [5.41, 5.74) is 4.06. The highest BCUT2D eigenvalue weighted by molar-refractivity contribution is 5.95. The summed E-state index contributed by atoms with van der Waals surface area (Å²) in [6, 6.07) is 15.8. The summed E-state index contributed by atoms with van der Waals surface area (Å²) in [5, 5.41) is 17.0. The second-order valence-corrected chi connectivity index (χ2v) is 5.87. The first-order chi connectivity index (χ1) is 11.6. The Balaban J connectivity index is 1.83. The minimum atomic E-state index is -0.508. The minimum absolute atomic E-state index is 0.150. The van der Waals surface area contributed by atoms with Crippen molar-refractivity contribution < 1.29 is 4.79 Å². The van der Waals surface area contributed by atoms with Gasteiger partial charge in [0.25, 0.3) is 0 Å². The molecule has 3 aromatic rings. The highest BCUT2D eigenvalue weighted by Crippen LogP contribution is 2.21. The van der Waals surface area contributed by atoms with Gasteiger partial charge in [-0.1, -0.05) is 47.2 Å². The molecule has 3 rings (SSSR count). The average Bonchev–Trinajstić information content (AvgIpc) is 3.06. The lowest BCUT2D eigenvalue weighted by Gasteiger charge is -2.14. The van der Waals surface area contributed by atoms with E-state index in [9.17, 15) is 4.79 Å². The second kappa shape index (κ2) is 7.04. The number of rotatable bonds is 5. The van der Waals surface area contributed by atoms with Gasteiger partial charge < -0.3 is 5.32 Å². The Morgan fingerprint density at radius 3 is 2.54 bits per heavy atom. The Morgan fingerprint density at radius 1 is 1.12 bits per heavy atom. The molecule has 2 N–H and O–H groups in total. The molecule has 2 aromatic carbocycles. The molecule has 0 aliphatic rings. The van der Waals surface area contributed by atoms with E-state index in [4.69, 9.17) is 0 Å². The van der Waals surface area contributed by atoms with Crippen LogP contribution in [0.2, 0.25) is 0 Å². The molecule has 6 nitrogen and oxygen atoms in total. The average molecular weight is 321 g/mol. The van der Waals surface area contributed by atoms with Gasteiger partial charge in [0.2, 0.25) is 5.91 Å². The third-order valence-electron chi connectivity index (χ3n) is 3.80. The standard InChI is InChI=1S/C18H19N5O/c1-12-5-3-7-14(9-12)11-16(17-20-22-23-21-17)18(24)19-15-8-4-6-13(2)10-15/h3-10,16H,11H2,1-2H3,(H,19,24)(H,20,21,22,23)/t16-/m0/s1. The van der Waals surface area contributed by atoms with Crippen molar-refractivity contribution in [2.75, 3.05) is 5.32 Å². The van der Waals surface area contributed by atoms with Crippen molar-refractivity contribution in [2.45, 2.75) is 26.2 Å². The summed E-state index contributed by atoms with van der Waals surface area (Å²) >= 11 is 0.